The first-order valence-corrected chi connectivity index (χ1v) is 21.7. The van der Waals surface area contributed by atoms with E-state index in [4.69, 9.17) is 0 Å². The minimum absolute atomic E-state index is 1.16. The molecule has 0 saturated heterocycles. The second-order valence-electron chi connectivity index (χ2n) is 14.9. The van der Waals surface area contributed by atoms with Crippen LogP contribution in [-0.4, -0.2) is 17.2 Å². The summed E-state index contributed by atoms with van der Waals surface area (Å²) in [6.45, 7) is 0. The zero-order valence-electron chi connectivity index (χ0n) is 31.3. The number of hydrogen-bond acceptors (Lipinski definition) is 0. The summed E-state index contributed by atoms with van der Waals surface area (Å²) in [7, 11) is -2.72. The maximum absolute atomic E-state index is 2.72. The summed E-state index contributed by atoms with van der Waals surface area (Å²) in [6, 6.07) is 85.1. The van der Waals surface area contributed by atoms with Crippen LogP contribution in [-0.2, 0) is 0 Å². The van der Waals surface area contributed by atoms with Gasteiger partial charge in [-0.3, -0.25) is 0 Å². The molecule has 0 unspecified atom stereocenters. The minimum atomic E-state index is -2.72. The van der Waals surface area contributed by atoms with Crippen molar-refractivity contribution in [2.75, 3.05) is 0 Å². The standard InChI is InChI=1S/C54H38N2Si/c1-5-19-40(20-6-1)56-52-34-16-13-29-47(52)49-32-18-31-46(54(49)56)39-35-36-53-50(37-39)48-30-14-15-33-51(48)55(53)41-21-17-28-45(38-41)57(42-22-7-2-8-23-42,43-24-9-3-10-25-43)44-26-11-4-12-27-44/h1-38H. The fourth-order valence-electron chi connectivity index (χ4n) is 9.46. The summed E-state index contributed by atoms with van der Waals surface area (Å²) >= 11 is 0. The second kappa shape index (κ2) is 13.5. The van der Waals surface area contributed by atoms with Crippen LogP contribution >= 0.6 is 0 Å². The molecule has 11 aromatic rings. The van der Waals surface area contributed by atoms with Gasteiger partial charge in [0.2, 0.25) is 0 Å². The third-order valence-corrected chi connectivity index (χ3v) is 16.6. The number of fused-ring (bicyclic) bond motifs is 6. The monoisotopic (exact) mass is 742 g/mol. The predicted octanol–water partition coefficient (Wildman–Crippen LogP) is 10.9. The van der Waals surface area contributed by atoms with Crippen molar-refractivity contribution < 1.29 is 0 Å². The summed E-state index contributed by atoms with van der Waals surface area (Å²) in [5.74, 6) is 0. The van der Waals surface area contributed by atoms with Crippen molar-refractivity contribution in [1.82, 2.24) is 9.13 Å². The maximum Gasteiger partial charge on any atom is 0.179 e. The van der Waals surface area contributed by atoms with Crippen LogP contribution in [0.25, 0.3) is 66.1 Å². The third kappa shape index (κ3) is 5.17. The smallest absolute Gasteiger partial charge is 0.179 e. The lowest BCUT2D eigenvalue weighted by atomic mass is 10.00. The van der Waals surface area contributed by atoms with E-state index in [0.717, 1.165) is 11.4 Å². The number of nitrogens with zero attached hydrogens (tertiary/aromatic N) is 2. The molecule has 0 aliphatic heterocycles. The summed E-state index contributed by atoms with van der Waals surface area (Å²) in [5, 5.41) is 10.5. The lowest BCUT2D eigenvalue weighted by Gasteiger charge is -2.34. The molecule has 0 bridgehead atoms. The predicted molar refractivity (Wildman–Crippen MR) is 244 cm³/mol. The Bertz CT molecular complexity index is 3120. The lowest BCUT2D eigenvalue weighted by molar-refractivity contribution is 1.18. The molecular weight excluding hydrogens is 705 g/mol. The molecule has 0 saturated carbocycles. The van der Waals surface area contributed by atoms with E-state index in [-0.39, 0.29) is 0 Å². The van der Waals surface area contributed by atoms with Crippen molar-refractivity contribution in [1.29, 1.82) is 0 Å². The van der Waals surface area contributed by atoms with Crippen molar-refractivity contribution in [2.45, 2.75) is 0 Å². The number of rotatable bonds is 7. The van der Waals surface area contributed by atoms with Gasteiger partial charge in [-0.25, -0.2) is 0 Å². The van der Waals surface area contributed by atoms with E-state index >= 15 is 0 Å². The first kappa shape index (κ1) is 33.2. The van der Waals surface area contributed by atoms with Gasteiger partial charge in [-0.15, -0.1) is 0 Å². The second-order valence-corrected chi connectivity index (χ2v) is 18.7. The van der Waals surface area contributed by atoms with Crippen LogP contribution in [0.3, 0.4) is 0 Å². The molecule has 11 rings (SSSR count). The fourth-order valence-corrected chi connectivity index (χ4v) is 14.2. The van der Waals surface area contributed by atoms with E-state index in [2.05, 4.69) is 240 Å². The van der Waals surface area contributed by atoms with E-state index in [1.165, 1.54) is 75.5 Å². The van der Waals surface area contributed by atoms with Crippen LogP contribution in [0.15, 0.2) is 231 Å². The average Bonchev–Trinajstić information content (AvgIpc) is 3.81. The van der Waals surface area contributed by atoms with E-state index < -0.39 is 8.07 Å². The molecule has 2 aromatic heterocycles. The molecular formula is C54H38N2Si. The molecule has 0 radical (unpaired) electrons. The molecule has 9 aromatic carbocycles. The molecule has 268 valence electrons. The Morgan fingerprint density at radius 2 is 0.737 bits per heavy atom. The minimum Gasteiger partial charge on any atom is -0.309 e. The molecule has 2 nitrogen and oxygen atoms in total. The highest BCUT2D eigenvalue weighted by molar-refractivity contribution is 7.19. The van der Waals surface area contributed by atoms with Gasteiger partial charge in [-0.1, -0.05) is 182 Å². The SMILES string of the molecule is c1ccc(-n2c3ccccc3c3cccc(-c4ccc5c(c4)c4ccccc4n5-c4cccc([Si](c5ccccc5)(c5ccccc5)c5ccccc5)c4)c32)cc1. The van der Waals surface area contributed by atoms with Crippen LogP contribution in [0.2, 0.25) is 0 Å². The van der Waals surface area contributed by atoms with E-state index in [1.54, 1.807) is 0 Å². The summed E-state index contributed by atoms with van der Waals surface area (Å²) in [4.78, 5) is 0. The van der Waals surface area contributed by atoms with Crippen LogP contribution in [0.5, 0.6) is 0 Å². The molecule has 0 atom stereocenters. The first-order chi connectivity index (χ1) is 28.3. The number of aromatic nitrogens is 2. The highest BCUT2D eigenvalue weighted by Gasteiger charge is 2.41. The van der Waals surface area contributed by atoms with Gasteiger partial charge >= 0.3 is 0 Å². The van der Waals surface area contributed by atoms with Gasteiger partial charge < -0.3 is 9.13 Å². The number of hydrogen-bond donors (Lipinski definition) is 0. The van der Waals surface area contributed by atoms with Crippen molar-refractivity contribution in [3.05, 3.63) is 231 Å². The van der Waals surface area contributed by atoms with Gasteiger partial charge in [0.05, 0.1) is 22.1 Å². The maximum atomic E-state index is 2.47. The van der Waals surface area contributed by atoms with Crippen molar-refractivity contribution in [3.63, 3.8) is 0 Å². The molecule has 0 aliphatic carbocycles. The summed E-state index contributed by atoms with van der Waals surface area (Å²) < 4.78 is 4.90. The quantitative estimate of drug-likeness (QED) is 0.114. The van der Waals surface area contributed by atoms with Crippen LogP contribution in [0.4, 0.5) is 0 Å². The van der Waals surface area contributed by atoms with Crippen molar-refractivity contribution in [3.8, 4) is 22.5 Å². The molecule has 2 heterocycles. The highest BCUT2D eigenvalue weighted by atomic mass is 28.3. The fraction of sp³-hybridized carbons (Fsp3) is 0. The third-order valence-electron chi connectivity index (χ3n) is 11.9. The number of benzene rings is 9. The first-order valence-electron chi connectivity index (χ1n) is 19.7. The van der Waals surface area contributed by atoms with Gasteiger partial charge in [-0.2, -0.15) is 0 Å². The molecule has 0 fully saturated rings. The molecule has 57 heavy (non-hydrogen) atoms. The van der Waals surface area contributed by atoms with E-state index in [9.17, 15) is 0 Å². The van der Waals surface area contributed by atoms with Crippen molar-refractivity contribution in [2.24, 2.45) is 0 Å². The Balaban J connectivity index is 1.15. The summed E-state index contributed by atoms with van der Waals surface area (Å²) in [5.41, 5.74) is 9.58. The Labute approximate surface area is 333 Å². The van der Waals surface area contributed by atoms with Crippen LogP contribution < -0.4 is 20.7 Å². The van der Waals surface area contributed by atoms with Crippen LogP contribution in [0.1, 0.15) is 0 Å². The number of para-hydroxylation sites is 4. The Hall–Kier alpha value is -7.20. The molecule has 0 N–H and O–H groups in total. The molecule has 0 aliphatic rings. The van der Waals surface area contributed by atoms with Crippen molar-refractivity contribution >= 4 is 72.4 Å². The Morgan fingerprint density at radius 3 is 1.37 bits per heavy atom. The molecule has 3 heteroatoms. The largest absolute Gasteiger partial charge is 0.309 e. The Kier molecular flexibility index (Phi) is 7.87. The molecule has 0 spiro atoms. The van der Waals surface area contributed by atoms with Gasteiger partial charge in [0.15, 0.2) is 8.07 Å². The van der Waals surface area contributed by atoms with Gasteiger partial charge in [0.1, 0.15) is 0 Å². The van der Waals surface area contributed by atoms with Gasteiger partial charge in [0, 0.05) is 38.5 Å². The zero-order valence-corrected chi connectivity index (χ0v) is 32.3. The van der Waals surface area contributed by atoms with Gasteiger partial charge in [-0.05, 0) is 74.8 Å². The topological polar surface area (TPSA) is 9.86 Å². The van der Waals surface area contributed by atoms with E-state index in [0.29, 0.717) is 0 Å². The summed E-state index contributed by atoms with van der Waals surface area (Å²) in [6.07, 6.45) is 0. The van der Waals surface area contributed by atoms with E-state index in [1.807, 2.05) is 0 Å². The Morgan fingerprint density at radius 1 is 0.281 bits per heavy atom. The normalized spacial score (nSPS) is 11.9. The molecule has 0 amide bonds. The highest BCUT2D eigenvalue weighted by Crippen LogP contribution is 2.40. The van der Waals surface area contributed by atoms with Crippen LogP contribution in [0, 0.1) is 0 Å². The zero-order chi connectivity index (χ0) is 37.8. The average molecular weight is 743 g/mol. The lowest BCUT2D eigenvalue weighted by Crippen LogP contribution is -2.74. The van der Waals surface area contributed by atoms with Gasteiger partial charge in [0.25, 0.3) is 0 Å².